The van der Waals surface area contributed by atoms with Gasteiger partial charge in [-0.25, -0.2) is 0 Å². The number of rotatable bonds is 5. The van der Waals surface area contributed by atoms with Crippen molar-refractivity contribution in [1.82, 2.24) is 5.16 Å². The van der Waals surface area contributed by atoms with Crippen molar-refractivity contribution in [1.29, 1.82) is 0 Å². The van der Waals surface area contributed by atoms with Gasteiger partial charge in [-0.1, -0.05) is 5.16 Å². The first-order valence-corrected chi connectivity index (χ1v) is 6.23. The van der Waals surface area contributed by atoms with Crippen LogP contribution >= 0.6 is 15.9 Å². The molecule has 0 aliphatic rings. The maximum absolute atomic E-state index is 11.2. The summed E-state index contributed by atoms with van der Waals surface area (Å²) in [5, 5.41) is 3.66. The van der Waals surface area contributed by atoms with Crippen molar-refractivity contribution in [2.24, 2.45) is 0 Å². The molecule has 0 unspecified atom stereocenters. The molecule has 0 aliphatic heterocycles. The summed E-state index contributed by atoms with van der Waals surface area (Å²) in [5.74, 6) is 0.820. The molecule has 0 radical (unpaired) electrons. The van der Waals surface area contributed by atoms with E-state index in [9.17, 15) is 9.59 Å². The molecule has 0 saturated heterocycles. The molecule has 0 aliphatic carbocycles. The minimum Gasteiger partial charge on any atom is -0.485 e. The van der Waals surface area contributed by atoms with E-state index in [0.717, 1.165) is 0 Å². The minimum absolute atomic E-state index is 0.103. The number of benzene rings is 1. The predicted molar refractivity (Wildman–Crippen MR) is 70.4 cm³/mol. The number of aldehydes is 1. The fourth-order valence-electron chi connectivity index (χ4n) is 1.50. The Bertz CT molecular complexity index is 621. The van der Waals surface area contributed by atoms with Gasteiger partial charge in [-0.05, 0) is 41.1 Å². The molecule has 0 atom stereocenters. The zero-order valence-electron chi connectivity index (χ0n) is 10.1. The lowest BCUT2D eigenvalue weighted by Crippen LogP contribution is -2.00. The third-order valence-electron chi connectivity index (χ3n) is 2.44. The molecule has 0 saturated carbocycles. The summed E-state index contributed by atoms with van der Waals surface area (Å²) in [6.45, 7) is 1.59. The van der Waals surface area contributed by atoms with E-state index in [1.54, 1.807) is 18.2 Å². The maximum Gasteiger partial charge on any atom is 0.175 e. The Morgan fingerprint density at radius 1 is 1.47 bits per heavy atom. The Morgan fingerprint density at radius 3 is 2.84 bits per heavy atom. The second kappa shape index (κ2) is 5.79. The van der Waals surface area contributed by atoms with E-state index in [4.69, 9.17) is 9.26 Å². The second-order valence-corrected chi connectivity index (χ2v) is 4.64. The Morgan fingerprint density at radius 2 is 2.26 bits per heavy atom. The SMILES string of the molecule is CC(=O)c1ccc(OCc2cc(Br)no2)c(C=O)c1. The van der Waals surface area contributed by atoms with Crippen LogP contribution in [0.25, 0.3) is 0 Å². The fraction of sp³-hybridized carbons (Fsp3) is 0.154. The summed E-state index contributed by atoms with van der Waals surface area (Å²) < 4.78 is 11.0. The molecule has 1 aromatic heterocycles. The van der Waals surface area contributed by atoms with Gasteiger partial charge in [-0.2, -0.15) is 0 Å². The first-order chi connectivity index (χ1) is 9.10. The van der Waals surface area contributed by atoms with Crippen LogP contribution in [0.4, 0.5) is 0 Å². The quantitative estimate of drug-likeness (QED) is 0.624. The lowest BCUT2D eigenvalue weighted by atomic mass is 10.1. The van der Waals surface area contributed by atoms with E-state index in [1.807, 2.05) is 0 Å². The van der Waals surface area contributed by atoms with Crippen molar-refractivity contribution in [2.75, 3.05) is 0 Å². The molecule has 19 heavy (non-hydrogen) atoms. The third kappa shape index (κ3) is 3.29. The molecule has 5 nitrogen and oxygen atoms in total. The smallest absolute Gasteiger partial charge is 0.175 e. The zero-order valence-corrected chi connectivity index (χ0v) is 11.6. The average Bonchev–Trinajstić information content (AvgIpc) is 2.81. The summed E-state index contributed by atoms with van der Waals surface area (Å²) in [6.07, 6.45) is 0.651. The van der Waals surface area contributed by atoms with Crippen LogP contribution in [0.2, 0.25) is 0 Å². The molecular weight excluding hydrogens is 314 g/mol. The first kappa shape index (κ1) is 13.5. The van der Waals surface area contributed by atoms with Gasteiger partial charge >= 0.3 is 0 Å². The van der Waals surface area contributed by atoms with Gasteiger partial charge < -0.3 is 9.26 Å². The van der Waals surface area contributed by atoms with Crippen LogP contribution in [-0.4, -0.2) is 17.2 Å². The second-order valence-electron chi connectivity index (χ2n) is 3.83. The van der Waals surface area contributed by atoms with Gasteiger partial charge in [-0.15, -0.1) is 0 Å². The molecule has 98 valence electrons. The van der Waals surface area contributed by atoms with E-state index >= 15 is 0 Å². The monoisotopic (exact) mass is 323 g/mol. The van der Waals surface area contributed by atoms with Crippen LogP contribution in [0.15, 0.2) is 33.4 Å². The van der Waals surface area contributed by atoms with Gasteiger partial charge in [-0.3, -0.25) is 9.59 Å². The molecular formula is C13H10BrNO4. The van der Waals surface area contributed by atoms with Gasteiger partial charge in [0.1, 0.15) is 17.0 Å². The number of aromatic nitrogens is 1. The molecule has 6 heteroatoms. The fourth-order valence-corrected chi connectivity index (χ4v) is 1.82. The molecule has 1 aromatic carbocycles. The molecule has 1 heterocycles. The minimum atomic E-state index is -0.103. The Labute approximate surface area is 117 Å². The number of ketones is 1. The van der Waals surface area contributed by atoms with Gasteiger partial charge in [0.15, 0.2) is 17.8 Å². The van der Waals surface area contributed by atoms with E-state index in [-0.39, 0.29) is 12.4 Å². The molecule has 0 bridgehead atoms. The highest BCUT2D eigenvalue weighted by Crippen LogP contribution is 2.21. The maximum atomic E-state index is 11.2. The van der Waals surface area contributed by atoms with Crippen LogP contribution in [-0.2, 0) is 6.61 Å². The van der Waals surface area contributed by atoms with E-state index in [2.05, 4.69) is 21.1 Å². The number of halogens is 1. The lowest BCUT2D eigenvalue weighted by Gasteiger charge is -2.07. The molecule has 0 N–H and O–H groups in total. The van der Waals surface area contributed by atoms with Crippen LogP contribution in [0.5, 0.6) is 5.75 Å². The number of nitrogens with zero attached hydrogens (tertiary/aromatic N) is 1. The normalized spacial score (nSPS) is 10.2. The summed E-state index contributed by atoms with van der Waals surface area (Å²) in [4.78, 5) is 22.2. The van der Waals surface area contributed by atoms with Gasteiger partial charge in [0.25, 0.3) is 0 Å². The number of hydrogen-bond donors (Lipinski definition) is 0. The molecule has 0 fully saturated rings. The Hall–Kier alpha value is -1.95. The van der Waals surface area contributed by atoms with E-state index < -0.39 is 0 Å². The standard InChI is InChI=1S/C13H10BrNO4/c1-8(17)9-2-3-12(10(4-9)6-16)18-7-11-5-13(14)15-19-11/h2-6H,7H2,1H3. The van der Waals surface area contributed by atoms with E-state index in [0.29, 0.717) is 33.5 Å². The van der Waals surface area contributed by atoms with Crippen LogP contribution < -0.4 is 4.74 Å². The molecule has 0 spiro atoms. The molecule has 2 aromatic rings. The van der Waals surface area contributed by atoms with Crippen LogP contribution in [0.1, 0.15) is 33.4 Å². The highest BCUT2D eigenvalue weighted by atomic mass is 79.9. The van der Waals surface area contributed by atoms with Crippen molar-refractivity contribution >= 4 is 28.0 Å². The van der Waals surface area contributed by atoms with Crippen molar-refractivity contribution < 1.29 is 18.8 Å². The summed E-state index contributed by atoms with van der Waals surface area (Å²) in [5.41, 5.74) is 0.795. The van der Waals surface area contributed by atoms with Crippen molar-refractivity contribution in [3.63, 3.8) is 0 Å². The van der Waals surface area contributed by atoms with Crippen LogP contribution in [0, 0.1) is 0 Å². The number of hydrogen-bond acceptors (Lipinski definition) is 5. The predicted octanol–water partition coefficient (Wildman–Crippen LogP) is 3.03. The van der Waals surface area contributed by atoms with Crippen molar-refractivity contribution in [3.8, 4) is 5.75 Å². The summed E-state index contributed by atoms with van der Waals surface area (Å²) >= 11 is 3.16. The van der Waals surface area contributed by atoms with Gasteiger partial charge in [0.2, 0.25) is 0 Å². The average molecular weight is 324 g/mol. The highest BCUT2D eigenvalue weighted by molar-refractivity contribution is 9.10. The Kier molecular flexibility index (Phi) is 4.11. The lowest BCUT2D eigenvalue weighted by molar-refractivity contribution is 0.101. The first-order valence-electron chi connectivity index (χ1n) is 5.44. The van der Waals surface area contributed by atoms with Gasteiger partial charge in [0.05, 0.1) is 5.56 Å². The topological polar surface area (TPSA) is 69.4 Å². The summed E-state index contributed by atoms with van der Waals surface area (Å²) in [6, 6.07) is 6.37. The number of carbonyl (C=O) groups excluding carboxylic acids is 2. The van der Waals surface area contributed by atoms with Crippen molar-refractivity contribution in [2.45, 2.75) is 13.5 Å². The zero-order chi connectivity index (χ0) is 13.8. The van der Waals surface area contributed by atoms with Crippen LogP contribution in [0.3, 0.4) is 0 Å². The number of ether oxygens (including phenoxy) is 1. The Balaban J connectivity index is 2.15. The largest absolute Gasteiger partial charge is 0.485 e. The van der Waals surface area contributed by atoms with E-state index in [1.165, 1.54) is 13.0 Å². The number of Topliss-reactive ketones (excluding diaryl/α,β-unsaturated/α-hetero) is 1. The number of carbonyl (C=O) groups is 2. The third-order valence-corrected chi connectivity index (χ3v) is 2.82. The highest BCUT2D eigenvalue weighted by Gasteiger charge is 2.09. The van der Waals surface area contributed by atoms with Crippen molar-refractivity contribution in [3.05, 3.63) is 45.8 Å². The molecule has 0 amide bonds. The van der Waals surface area contributed by atoms with Gasteiger partial charge in [0, 0.05) is 11.6 Å². The molecule has 2 rings (SSSR count). The summed E-state index contributed by atoms with van der Waals surface area (Å²) in [7, 11) is 0.